The van der Waals surface area contributed by atoms with Gasteiger partial charge in [-0.15, -0.1) is 10.2 Å². The summed E-state index contributed by atoms with van der Waals surface area (Å²) in [6, 6.07) is 8.06. The van der Waals surface area contributed by atoms with Gasteiger partial charge in [0.1, 0.15) is 18.4 Å². The van der Waals surface area contributed by atoms with Gasteiger partial charge in [-0.3, -0.25) is 4.57 Å². The summed E-state index contributed by atoms with van der Waals surface area (Å²) in [7, 11) is 0. The van der Waals surface area contributed by atoms with Gasteiger partial charge in [-0.1, -0.05) is 11.2 Å². The van der Waals surface area contributed by atoms with Crippen LogP contribution in [0.2, 0.25) is 0 Å². The molecule has 0 saturated carbocycles. The third-order valence-corrected chi connectivity index (χ3v) is 3.21. The van der Waals surface area contributed by atoms with Crippen LogP contribution in [0.15, 0.2) is 41.4 Å². The minimum Gasteiger partial charge on any atom is -0.381 e. The van der Waals surface area contributed by atoms with Crippen molar-refractivity contribution >= 4 is 5.69 Å². The van der Waals surface area contributed by atoms with Crippen molar-refractivity contribution in [2.24, 2.45) is 0 Å². The fourth-order valence-electron chi connectivity index (χ4n) is 2.06. The summed E-state index contributed by atoms with van der Waals surface area (Å²) in [6.07, 6.45) is 3.35. The van der Waals surface area contributed by atoms with E-state index >= 15 is 0 Å². The third kappa shape index (κ3) is 2.40. The Morgan fingerprint density at radius 2 is 2.00 bits per heavy atom. The second-order valence-corrected chi connectivity index (χ2v) is 4.58. The molecule has 0 radical (unpaired) electrons. The maximum Gasteiger partial charge on any atom is 0.138 e. The number of nitrogens with one attached hydrogen (secondary N) is 1. The van der Waals surface area contributed by atoms with Crippen LogP contribution >= 0.6 is 0 Å². The van der Waals surface area contributed by atoms with E-state index in [0.717, 1.165) is 28.4 Å². The van der Waals surface area contributed by atoms with Crippen LogP contribution in [0.4, 0.5) is 5.69 Å². The summed E-state index contributed by atoms with van der Waals surface area (Å²) in [4.78, 5) is 0. The molecule has 0 bridgehead atoms. The maximum atomic E-state index is 5.16. The standard InChI is InChI=1S/C14H15N5O/c1-10-14(11(2)20-18-10)7-15-12-4-3-5-13(6-12)19-8-16-17-9-19/h3-6,8-9,15H,7H2,1-2H3. The van der Waals surface area contributed by atoms with E-state index < -0.39 is 0 Å². The highest BCUT2D eigenvalue weighted by Crippen LogP contribution is 2.17. The smallest absolute Gasteiger partial charge is 0.138 e. The Morgan fingerprint density at radius 1 is 1.20 bits per heavy atom. The van der Waals surface area contributed by atoms with Gasteiger partial charge in [0.2, 0.25) is 0 Å². The number of benzene rings is 1. The summed E-state index contributed by atoms with van der Waals surface area (Å²) in [5.41, 5.74) is 4.06. The number of hydrogen-bond donors (Lipinski definition) is 1. The van der Waals surface area contributed by atoms with Crippen LogP contribution in [0.5, 0.6) is 0 Å². The molecule has 3 rings (SSSR count). The number of aromatic nitrogens is 4. The highest BCUT2D eigenvalue weighted by molar-refractivity contribution is 5.51. The van der Waals surface area contributed by atoms with Crippen molar-refractivity contribution in [1.82, 2.24) is 19.9 Å². The molecule has 6 heteroatoms. The lowest BCUT2D eigenvalue weighted by Crippen LogP contribution is -2.02. The number of aryl methyl sites for hydroxylation is 2. The molecule has 20 heavy (non-hydrogen) atoms. The normalized spacial score (nSPS) is 10.7. The van der Waals surface area contributed by atoms with Crippen LogP contribution < -0.4 is 5.32 Å². The Morgan fingerprint density at radius 3 is 2.70 bits per heavy atom. The fourth-order valence-corrected chi connectivity index (χ4v) is 2.06. The molecule has 1 aromatic carbocycles. The van der Waals surface area contributed by atoms with Gasteiger partial charge in [-0.25, -0.2) is 0 Å². The van der Waals surface area contributed by atoms with Gasteiger partial charge in [0.05, 0.1) is 11.4 Å². The van der Waals surface area contributed by atoms with Crippen LogP contribution in [0.25, 0.3) is 5.69 Å². The van der Waals surface area contributed by atoms with Crippen molar-refractivity contribution in [3.05, 3.63) is 53.9 Å². The topological polar surface area (TPSA) is 68.8 Å². The van der Waals surface area contributed by atoms with Crippen LogP contribution in [0, 0.1) is 13.8 Å². The molecule has 0 atom stereocenters. The van der Waals surface area contributed by atoms with Gasteiger partial charge in [0.25, 0.3) is 0 Å². The zero-order valence-corrected chi connectivity index (χ0v) is 11.4. The Bertz CT molecular complexity index is 683. The molecule has 2 aromatic heterocycles. The molecular weight excluding hydrogens is 254 g/mol. The van der Waals surface area contributed by atoms with E-state index in [1.807, 2.05) is 42.7 Å². The van der Waals surface area contributed by atoms with Crippen molar-refractivity contribution in [2.75, 3.05) is 5.32 Å². The number of anilines is 1. The summed E-state index contributed by atoms with van der Waals surface area (Å²) in [6.45, 7) is 4.55. The highest BCUT2D eigenvalue weighted by Gasteiger charge is 2.08. The largest absolute Gasteiger partial charge is 0.381 e. The van der Waals surface area contributed by atoms with Crippen LogP contribution in [0.1, 0.15) is 17.0 Å². The summed E-state index contributed by atoms with van der Waals surface area (Å²) >= 11 is 0. The number of rotatable bonds is 4. The van der Waals surface area contributed by atoms with Gasteiger partial charge in [0, 0.05) is 17.8 Å². The van der Waals surface area contributed by atoms with E-state index in [-0.39, 0.29) is 0 Å². The minimum atomic E-state index is 0.687. The van der Waals surface area contributed by atoms with E-state index in [9.17, 15) is 0 Å². The minimum absolute atomic E-state index is 0.687. The number of hydrogen-bond acceptors (Lipinski definition) is 5. The molecule has 0 aliphatic heterocycles. The van der Waals surface area contributed by atoms with Crippen LogP contribution in [0.3, 0.4) is 0 Å². The average molecular weight is 269 g/mol. The fraction of sp³-hybridized carbons (Fsp3) is 0.214. The lowest BCUT2D eigenvalue weighted by molar-refractivity contribution is 0.392. The number of nitrogens with zero attached hydrogens (tertiary/aromatic N) is 4. The van der Waals surface area contributed by atoms with Crippen molar-refractivity contribution in [1.29, 1.82) is 0 Å². The maximum absolute atomic E-state index is 5.16. The Hall–Kier alpha value is -2.63. The lowest BCUT2D eigenvalue weighted by atomic mass is 10.2. The van der Waals surface area contributed by atoms with Gasteiger partial charge in [-0.05, 0) is 32.0 Å². The van der Waals surface area contributed by atoms with E-state index in [1.54, 1.807) is 12.7 Å². The zero-order valence-electron chi connectivity index (χ0n) is 11.4. The first-order valence-electron chi connectivity index (χ1n) is 6.35. The van der Waals surface area contributed by atoms with Gasteiger partial charge in [-0.2, -0.15) is 0 Å². The molecule has 0 spiro atoms. The summed E-state index contributed by atoms with van der Waals surface area (Å²) in [5.74, 6) is 0.852. The molecule has 0 amide bonds. The quantitative estimate of drug-likeness (QED) is 0.788. The second-order valence-electron chi connectivity index (χ2n) is 4.58. The molecule has 0 unspecified atom stereocenters. The Labute approximate surface area is 116 Å². The lowest BCUT2D eigenvalue weighted by Gasteiger charge is -2.08. The molecule has 6 nitrogen and oxygen atoms in total. The van der Waals surface area contributed by atoms with Crippen molar-refractivity contribution in [3.63, 3.8) is 0 Å². The van der Waals surface area contributed by atoms with Crippen molar-refractivity contribution < 1.29 is 4.52 Å². The second kappa shape index (κ2) is 5.16. The first-order valence-corrected chi connectivity index (χ1v) is 6.35. The zero-order chi connectivity index (χ0) is 13.9. The molecule has 0 aliphatic rings. The SMILES string of the molecule is Cc1noc(C)c1CNc1cccc(-n2cnnc2)c1. The van der Waals surface area contributed by atoms with E-state index in [4.69, 9.17) is 4.52 Å². The van der Waals surface area contributed by atoms with Crippen molar-refractivity contribution in [3.8, 4) is 5.69 Å². The first-order chi connectivity index (χ1) is 9.74. The molecule has 102 valence electrons. The van der Waals surface area contributed by atoms with Crippen LogP contribution in [-0.4, -0.2) is 19.9 Å². The predicted octanol–water partition coefficient (Wildman–Crippen LogP) is 2.48. The van der Waals surface area contributed by atoms with Crippen LogP contribution in [-0.2, 0) is 6.54 Å². The summed E-state index contributed by atoms with van der Waals surface area (Å²) < 4.78 is 7.02. The average Bonchev–Trinajstić information content (AvgIpc) is 3.09. The molecule has 0 fully saturated rings. The molecule has 0 saturated heterocycles. The van der Waals surface area contributed by atoms with E-state index in [1.165, 1.54) is 0 Å². The molecule has 1 N–H and O–H groups in total. The predicted molar refractivity (Wildman–Crippen MR) is 74.7 cm³/mol. The molecule has 2 heterocycles. The van der Waals surface area contributed by atoms with Crippen molar-refractivity contribution in [2.45, 2.75) is 20.4 Å². The third-order valence-electron chi connectivity index (χ3n) is 3.21. The van der Waals surface area contributed by atoms with E-state index in [2.05, 4.69) is 20.7 Å². The van der Waals surface area contributed by atoms with Gasteiger partial charge in [0.15, 0.2) is 0 Å². The molecule has 0 aliphatic carbocycles. The monoisotopic (exact) mass is 269 g/mol. The first kappa shape index (κ1) is 12.4. The van der Waals surface area contributed by atoms with Gasteiger partial charge >= 0.3 is 0 Å². The van der Waals surface area contributed by atoms with E-state index in [0.29, 0.717) is 6.54 Å². The highest BCUT2D eigenvalue weighted by atomic mass is 16.5. The Kier molecular flexibility index (Phi) is 3.20. The molecule has 3 aromatic rings. The Balaban J connectivity index is 1.77. The molecular formula is C14H15N5O. The van der Waals surface area contributed by atoms with Gasteiger partial charge < -0.3 is 9.84 Å². The summed E-state index contributed by atoms with van der Waals surface area (Å²) in [5, 5.41) is 14.9.